The average molecular weight is 312 g/mol. The van der Waals surface area contributed by atoms with E-state index in [0.717, 1.165) is 20.8 Å². The quantitative estimate of drug-likeness (QED) is 0.419. The fourth-order valence-corrected chi connectivity index (χ4v) is 0.807. The smallest absolute Gasteiger partial charge is 0.300 e. The molecule has 0 amide bonds. The van der Waals surface area contributed by atoms with Crippen LogP contribution in [0.4, 0.5) is 0 Å². The van der Waals surface area contributed by atoms with E-state index >= 15 is 0 Å². The Bertz CT molecular complexity index is 215. The average Bonchev–Trinajstić information content (AvgIpc) is 2.24. The Morgan fingerprint density at radius 2 is 1.20 bits per heavy atom. The second kappa shape index (κ2) is 19.9. The summed E-state index contributed by atoms with van der Waals surface area (Å²) in [7, 11) is 1.18. The van der Waals surface area contributed by atoms with Crippen molar-refractivity contribution in [3.05, 3.63) is 0 Å². The number of nitrogens with two attached hydrogens (primary N) is 2. The van der Waals surface area contributed by atoms with Crippen LogP contribution < -0.4 is 11.5 Å². The standard InChI is InChI=1S/C5H16N2Si.3C2H4O2/c1-2-5(8)4(7)3-6;3*1-2(3)4/h4-5H,2-3,6-7H2,1,8H3;3*1H3,(H,3,4). The highest BCUT2D eigenvalue weighted by Gasteiger charge is 2.06. The summed E-state index contributed by atoms with van der Waals surface area (Å²) in [5.74, 6) is -2.50. The monoisotopic (exact) mass is 312 g/mol. The zero-order valence-corrected chi connectivity index (χ0v) is 14.8. The second-order valence-electron chi connectivity index (χ2n) is 3.84. The first-order valence-corrected chi connectivity index (χ1v) is 7.11. The number of rotatable bonds is 3. The fraction of sp³-hybridized carbons (Fsp3) is 0.727. The van der Waals surface area contributed by atoms with Gasteiger partial charge in [0.2, 0.25) is 0 Å². The molecule has 0 fully saturated rings. The van der Waals surface area contributed by atoms with Crippen molar-refractivity contribution in [1.82, 2.24) is 0 Å². The van der Waals surface area contributed by atoms with E-state index in [2.05, 4.69) is 6.92 Å². The van der Waals surface area contributed by atoms with Gasteiger partial charge in [0.1, 0.15) is 0 Å². The maximum absolute atomic E-state index is 9.00. The van der Waals surface area contributed by atoms with Gasteiger partial charge in [-0.3, -0.25) is 14.4 Å². The van der Waals surface area contributed by atoms with Gasteiger partial charge >= 0.3 is 0 Å². The Morgan fingerprint density at radius 1 is 1.00 bits per heavy atom. The lowest BCUT2D eigenvalue weighted by Gasteiger charge is -2.14. The lowest BCUT2D eigenvalue weighted by Crippen LogP contribution is -2.33. The third kappa shape index (κ3) is 93.3. The molecule has 9 heteroatoms. The van der Waals surface area contributed by atoms with Gasteiger partial charge in [-0.05, 0) is 5.54 Å². The minimum Gasteiger partial charge on any atom is -0.481 e. The van der Waals surface area contributed by atoms with Gasteiger partial charge in [-0.25, -0.2) is 0 Å². The molecule has 0 radical (unpaired) electrons. The van der Waals surface area contributed by atoms with Crippen LogP contribution in [-0.2, 0) is 14.4 Å². The van der Waals surface area contributed by atoms with E-state index in [9.17, 15) is 0 Å². The van der Waals surface area contributed by atoms with Crippen molar-refractivity contribution in [2.45, 2.75) is 45.7 Å². The molecule has 2 atom stereocenters. The van der Waals surface area contributed by atoms with E-state index in [0.29, 0.717) is 12.1 Å². The summed E-state index contributed by atoms with van der Waals surface area (Å²) in [6.45, 7) is 6.05. The van der Waals surface area contributed by atoms with Gasteiger partial charge in [-0.15, -0.1) is 0 Å². The number of aliphatic carboxylic acids is 3. The van der Waals surface area contributed by atoms with Crippen molar-refractivity contribution in [2.75, 3.05) is 6.54 Å². The molecule has 0 aromatic rings. The lowest BCUT2D eigenvalue weighted by atomic mass is 10.2. The van der Waals surface area contributed by atoms with Gasteiger partial charge in [-0.1, -0.05) is 13.3 Å². The maximum Gasteiger partial charge on any atom is 0.300 e. The number of hydrogen-bond acceptors (Lipinski definition) is 5. The fourth-order valence-electron chi connectivity index (χ4n) is 0.535. The first kappa shape index (κ1) is 27.0. The van der Waals surface area contributed by atoms with Crippen LogP contribution in [-0.4, -0.2) is 56.1 Å². The predicted octanol–water partition coefficient (Wildman–Crippen LogP) is -0.891. The van der Waals surface area contributed by atoms with Gasteiger partial charge < -0.3 is 26.8 Å². The maximum atomic E-state index is 9.00. The van der Waals surface area contributed by atoms with Gasteiger partial charge in [-0.2, -0.15) is 0 Å². The summed E-state index contributed by atoms with van der Waals surface area (Å²) in [5.41, 5.74) is 11.7. The second-order valence-corrected chi connectivity index (χ2v) is 5.33. The highest BCUT2D eigenvalue weighted by Crippen LogP contribution is 2.06. The third-order valence-electron chi connectivity index (χ3n) is 1.65. The van der Waals surface area contributed by atoms with Crippen molar-refractivity contribution in [3.8, 4) is 0 Å². The molecule has 0 bridgehead atoms. The summed E-state index contributed by atoms with van der Waals surface area (Å²) < 4.78 is 0. The van der Waals surface area contributed by atoms with E-state index in [-0.39, 0.29) is 6.04 Å². The largest absolute Gasteiger partial charge is 0.481 e. The Labute approximate surface area is 122 Å². The molecule has 20 heavy (non-hydrogen) atoms. The highest BCUT2D eigenvalue weighted by molar-refractivity contribution is 6.12. The lowest BCUT2D eigenvalue weighted by molar-refractivity contribution is -0.135. The summed E-state index contributed by atoms with van der Waals surface area (Å²) >= 11 is 0. The number of carboxylic acid groups (broad SMARTS) is 3. The summed E-state index contributed by atoms with van der Waals surface area (Å²) in [6.07, 6.45) is 1.19. The van der Waals surface area contributed by atoms with Crippen LogP contribution in [0.15, 0.2) is 0 Å². The van der Waals surface area contributed by atoms with E-state index in [4.69, 9.17) is 41.2 Å². The van der Waals surface area contributed by atoms with Crippen LogP contribution in [0, 0.1) is 0 Å². The highest BCUT2D eigenvalue weighted by atomic mass is 28.1. The number of hydrogen-bond donors (Lipinski definition) is 5. The Kier molecular flexibility index (Phi) is 26.8. The van der Waals surface area contributed by atoms with Gasteiger partial charge in [0.25, 0.3) is 17.9 Å². The van der Waals surface area contributed by atoms with Crippen molar-refractivity contribution >= 4 is 28.2 Å². The van der Waals surface area contributed by atoms with E-state index in [1.165, 1.54) is 16.7 Å². The third-order valence-corrected chi connectivity index (χ3v) is 3.32. The minimum absolute atomic E-state index is 0.256. The van der Waals surface area contributed by atoms with Gasteiger partial charge in [0.15, 0.2) is 0 Å². The molecule has 7 N–H and O–H groups in total. The molecule has 2 unspecified atom stereocenters. The van der Waals surface area contributed by atoms with E-state index in [1.807, 2.05) is 0 Å². The Morgan fingerprint density at radius 3 is 1.25 bits per heavy atom. The molecule has 0 aromatic carbocycles. The summed E-state index contributed by atoms with van der Waals surface area (Å²) in [6, 6.07) is 0.256. The molecule has 0 saturated heterocycles. The zero-order valence-electron chi connectivity index (χ0n) is 12.8. The molecular formula is C11H28N2O6Si. The first-order chi connectivity index (χ1) is 8.91. The normalized spacial score (nSPS) is 11.1. The molecule has 0 aliphatic heterocycles. The van der Waals surface area contributed by atoms with Gasteiger partial charge in [0.05, 0.1) is 0 Å². The van der Waals surface area contributed by atoms with Crippen LogP contribution >= 0.6 is 0 Å². The predicted molar refractivity (Wildman–Crippen MR) is 80.9 cm³/mol. The number of carbonyl (C=O) groups is 3. The topological polar surface area (TPSA) is 164 Å². The Hall–Kier alpha value is -1.45. The van der Waals surface area contributed by atoms with Crippen LogP contribution in [0.25, 0.3) is 0 Å². The first-order valence-electron chi connectivity index (χ1n) is 5.96. The van der Waals surface area contributed by atoms with E-state index in [1.54, 1.807) is 0 Å². The molecule has 122 valence electrons. The van der Waals surface area contributed by atoms with Crippen molar-refractivity contribution in [3.63, 3.8) is 0 Å². The van der Waals surface area contributed by atoms with Crippen molar-refractivity contribution in [2.24, 2.45) is 11.5 Å². The van der Waals surface area contributed by atoms with Crippen molar-refractivity contribution in [1.29, 1.82) is 0 Å². The summed E-state index contributed by atoms with van der Waals surface area (Å²) in [4.78, 5) is 27.0. The SMILES string of the molecule is CC(=O)O.CC(=O)O.CC(=O)O.CCC([SiH3])C(N)CN. The van der Waals surface area contributed by atoms with Crippen LogP contribution in [0.2, 0.25) is 5.54 Å². The van der Waals surface area contributed by atoms with Crippen LogP contribution in [0.3, 0.4) is 0 Å². The molecule has 0 saturated carbocycles. The molecule has 0 spiro atoms. The van der Waals surface area contributed by atoms with E-state index < -0.39 is 17.9 Å². The number of carboxylic acids is 3. The summed E-state index contributed by atoms with van der Waals surface area (Å²) in [5, 5.41) is 22.2. The van der Waals surface area contributed by atoms with Crippen LogP contribution in [0.1, 0.15) is 34.1 Å². The molecule has 0 aliphatic carbocycles. The molecule has 0 aromatic heterocycles. The molecule has 0 aliphatic rings. The molecular weight excluding hydrogens is 284 g/mol. The zero-order chi connectivity index (χ0) is 17.3. The molecule has 8 nitrogen and oxygen atoms in total. The van der Waals surface area contributed by atoms with Gasteiger partial charge in [0, 0.05) is 43.6 Å². The Balaban J connectivity index is -0.0000000917. The minimum atomic E-state index is -0.833. The molecule has 0 rings (SSSR count). The molecule has 0 heterocycles. The van der Waals surface area contributed by atoms with Crippen LogP contribution in [0.5, 0.6) is 0 Å². The van der Waals surface area contributed by atoms with Crippen molar-refractivity contribution < 1.29 is 29.7 Å².